The Hall–Kier alpha value is -2.77. The quantitative estimate of drug-likeness (QED) is 0.287. The highest BCUT2D eigenvalue weighted by Gasteiger charge is 2.32. The van der Waals surface area contributed by atoms with E-state index in [-0.39, 0.29) is 22.4 Å². The van der Waals surface area contributed by atoms with E-state index in [2.05, 4.69) is 16.9 Å². The van der Waals surface area contributed by atoms with E-state index >= 15 is 0 Å². The topological polar surface area (TPSA) is 71.5 Å². The minimum Gasteiger partial charge on any atom is -0.497 e. The summed E-state index contributed by atoms with van der Waals surface area (Å²) in [5.74, 6) is -0.434. The van der Waals surface area contributed by atoms with Gasteiger partial charge in [0, 0.05) is 17.5 Å². The van der Waals surface area contributed by atoms with Gasteiger partial charge in [-0.3, -0.25) is 19.8 Å². The Labute approximate surface area is 160 Å². The number of ether oxygens (including phenoxy) is 1. The van der Waals surface area contributed by atoms with Gasteiger partial charge < -0.3 is 4.74 Å². The predicted octanol–water partition coefficient (Wildman–Crippen LogP) is 2.71. The van der Waals surface area contributed by atoms with Crippen molar-refractivity contribution in [2.45, 2.75) is 0 Å². The van der Waals surface area contributed by atoms with Crippen molar-refractivity contribution >= 4 is 57.7 Å². The van der Waals surface area contributed by atoms with Crippen LogP contribution >= 0.6 is 23.8 Å². The number of amides is 2. The Morgan fingerprint density at radius 3 is 2.85 bits per heavy atom. The number of thiocarbonyl (C=S) groups is 1. The average molecular weight is 388 g/mol. The van der Waals surface area contributed by atoms with Crippen LogP contribution in [0.1, 0.15) is 5.56 Å². The second-order valence-corrected chi connectivity index (χ2v) is 6.19. The fourth-order valence-corrected chi connectivity index (χ4v) is 2.97. The number of carbonyl (C=O) groups is 2. The summed E-state index contributed by atoms with van der Waals surface area (Å²) in [5, 5.41) is 3.48. The zero-order valence-corrected chi connectivity index (χ0v) is 15.4. The number of aromatic nitrogens is 1. The van der Waals surface area contributed by atoms with Crippen molar-refractivity contribution in [2.75, 3.05) is 13.7 Å². The number of nitrogens with zero attached hydrogens (tertiary/aromatic N) is 2. The van der Waals surface area contributed by atoms with Crippen LogP contribution < -0.4 is 10.1 Å². The second-order valence-electron chi connectivity index (χ2n) is 5.45. The predicted molar refractivity (Wildman–Crippen MR) is 104 cm³/mol. The highest BCUT2D eigenvalue weighted by Crippen LogP contribution is 2.26. The molecule has 2 aromatic rings. The van der Waals surface area contributed by atoms with Gasteiger partial charge in [0.15, 0.2) is 5.11 Å². The molecule has 1 saturated heterocycles. The Kier molecular flexibility index (Phi) is 5.01. The standard InChI is InChI=1S/C18H14ClN3O3S/c1-3-6-22-17(24)13(16(23)21-18(22)26)9-11-7-10-8-12(25-2)4-5-14(10)20-15(11)19/h3-5,7-9H,1,6H2,2H3,(H,21,23,26). The highest BCUT2D eigenvalue weighted by atomic mass is 35.5. The molecule has 0 bridgehead atoms. The maximum absolute atomic E-state index is 12.6. The normalized spacial score (nSPS) is 16.2. The first-order valence-corrected chi connectivity index (χ1v) is 8.37. The molecule has 2 amide bonds. The van der Waals surface area contributed by atoms with Crippen LogP contribution in [0.2, 0.25) is 5.15 Å². The van der Waals surface area contributed by atoms with Crippen LogP contribution in [0.25, 0.3) is 17.0 Å². The fraction of sp³-hybridized carbons (Fsp3) is 0.111. The van der Waals surface area contributed by atoms with Gasteiger partial charge in [0.05, 0.1) is 12.6 Å². The minimum atomic E-state index is -0.581. The summed E-state index contributed by atoms with van der Waals surface area (Å²) in [6.07, 6.45) is 2.93. The number of rotatable bonds is 4. The summed E-state index contributed by atoms with van der Waals surface area (Å²) in [7, 11) is 1.56. The molecule has 1 N–H and O–H groups in total. The van der Waals surface area contributed by atoms with Crippen molar-refractivity contribution in [1.82, 2.24) is 15.2 Å². The number of nitrogens with one attached hydrogen (secondary N) is 1. The largest absolute Gasteiger partial charge is 0.497 e. The lowest BCUT2D eigenvalue weighted by Gasteiger charge is -2.27. The monoisotopic (exact) mass is 387 g/mol. The smallest absolute Gasteiger partial charge is 0.265 e. The number of hydrogen-bond acceptors (Lipinski definition) is 5. The molecule has 3 rings (SSSR count). The molecule has 1 aromatic carbocycles. The van der Waals surface area contributed by atoms with E-state index in [1.807, 2.05) is 0 Å². The molecule has 0 aliphatic carbocycles. The lowest BCUT2D eigenvalue weighted by molar-refractivity contribution is -0.128. The van der Waals surface area contributed by atoms with Gasteiger partial charge in [-0.05, 0) is 42.6 Å². The van der Waals surface area contributed by atoms with Gasteiger partial charge in [-0.1, -0.05) is 17.7 Å². The lowest BCUT2D eigenvalue weighted by Crippen LogP contribution is -2.53. The summed E-state index contributed by atoms with van der Waals surface area (Å²) in [6, 6.07) is 7.09. The van der Waals surface area contributed by atoms with Crippen molar-refractivity contribution in [3.05, 3.63) is 53.2 Å². The van der Waals surface area contributed by atoms with Gasteiger partial charge in [0.2, 0.25) is 0 Å². The number of hydrogen-bond donors (Lipinski definition) is 1. The van der Waals surface area contributed by atoms with E-state index in [0.29, 0.717) is 16.8 Å². The molecule has 0 spiro atoms. The van der Waals surface area contributed by atoms with Crippen molar-refractivity contribution in [2.24, 2.45) is 0 Å². The van der Waals surface area contributed by atoms with Crippen LogP contribution in [0.15, 0.2) is 42.5 Å². The molecule has 0 radical (unpaired) electrons. The molecule has 0 atom stereocenters. The van der Waals surface area contributed by atoms with Gasteiger partial charge in [-0.15, -0.1) is 6.58 Å². The molecule has 0 saturated carbocycles. The molecule has 1 aliphatic rings. The van der Waals surface area contributed by atoms with Gasteiger partial charge in [0.25, 0.3) is 11.8 Å². The van der Waals surface area contributed by atoms with Crippen molar-refractivity contribution in [3.8, 4) is 5.75 Å². The van der Waals surface area contributed by atoms with Crippen LogP contribution in [-0.2, 0) is 9.59 Å². The van der Waals surface area contributed by atoms with E-state index in [4.69, 9.17) is 28.6 Å². The third-order valence-corrected chi connectivity index (χ3v) is 4.43. The molecule has 8 heteroatoms. The van der Waals surface area contributed by atoms with E-state index in [1.165, 1.54) is 17.1 Å². The van der Waals surface area contributed by atoms with Crippen LogP contribution in [-0.4, -0.2) is 40.5 Å². The van der Waals surface area contributed by atoms with Crippen molar-refractivity contribution < 1.29 is 14.3 Å². The Bertz CT molecular complexity index is 987. The van der Waals surface area contributed by atoms with Gasteiger partial charge in [-0.2, -0.15) is 0 Å². The van der Waals surface area contributed by atoms with E-state index < -0.39 is 11.8 Å². The number of benzene rings is 1. The second kappa shape index (κ2) is 7.23. The number of methoxy groups -OCH3 is 1. The fourth-order valence-electron chi connectivity index (χ4n) is 2.52. The van der Waals surface area contributed by atoms with Crippen molar-refractivity contribution in [1.29, 1.82) is 0 Å². The number of pyridine rings is 1. The summed E-state index contributed by atoms with van der Waals surface area (Å²) >= 11 is 11.3. The summed E-state index contributed by atoms with van der Waals surface area (Å²) in [6.45, 7) is 3.78. The minimum absolute atomic E-state index is 0.0459. The molecule has 132 valence electrons. The third kappa shape index (κ3) is 3.31. The number of carbonyl (C=O) groups excluding carboxylic acids is 2. The Balaban J connectivity index is 2.08. The maximum atomic E-state index is 12.6. The lowest BCUT2D eigenvalue weighted by atomic mass is 10.1. The molecular weight excluding hydrogens is 374 g/mol. The first kappa shape index (κ1) is 18.0. The molecule has 1 aliphatic heterocycles. The molecular formula is C18H14ClN3O3S. The van der Waals surface area contributed by atoms with Crippen LogP contribution in [0.3, 0.4) is 0 Å². The molecule has 6 nitrogen and oxygen atoms in total. The van der Waals surface area contributed by atoms with Crippen LogP contribution in [0.4, 0.5) is 0 Å². The van der Waals surface area contributed by atoms with Gasteiger partial charge >= 0.3 is 0 Å². The summed E-state index contributed by atoms with van der Waals surface area (Å²) in [5.41, 5.74) is 1.04. The summed E-state index contributed by atoms with van der Waals surface area (Å²) in [4.78, 5) is 30.4. The molecule has 2 heterocycles. The molecule has 1 fully saturated rings. The zero-order valence-electron chi connectivity index (χ0n) is 13.8. The third-order valence-electron chi connectivity index (χ3n) is 3.80. The zero-order chi connectivity index (χ0) is 18.8. The SMILES string of the molecule is C=CCN1C(=O)C(=Cc2cc3cc(OC)ccc3nc2Cl)C(=O)NC1=S. The van der Waals surface area contributed by atoms with Gasteiger partial charge in [-0.25, -0.2) is 4.98 Å². The summed E-state index contributed by atoms with van der Waals surface area (Å²) < 4.78 is 5.20. The van der Waals surface area contributed by atoms with Crippen LogP contribution in [0.5, 0.6) is 5.75 Å². The average Bonchev–Trinajstić information content (AvgIpc) is 2.62. The van der Waals surface area contributed by atoms with Crippen molar-refractivity contribution in [3.63, 3.8) is 0 Å². The number of halogens is 1. The molecule has 26 heavy (non-hydrogen) atoms. The Morgan fingerprint density at radius 2 is 2.15 bits per heavy atom. The first-order chi connectivity index (χ1) is 12.4. The maximum Gasteiger partial charge on any atom is 0.265 e. The first-order valence-electron chi connectivity index (χ1n) is 7.58. The van der Waals surface area contributed by atoms with Crippen LogP contribution in [0, 0.1) is 0 Å². The van der Waals surface area contributed by atoms with Gasteiger partial charge in [0.1, 0.15) is 16.5 Å². The Morgan fingerprint density at radius 1 is 1.38 bits per heavy atom. The molecule has 0 unspecified atom stereocenters. The van der Waals surface area contributed by atoms with E-state index in [9.17, 15) is 9.59 Å². The highest BCUT2D eigenvalue weighted by molar-refractivity contribution is 7.80. The van der Waals surface area contributed by atoms with E-state index in [1.54, 1.807) is 31.4 Å². The number of fused-ring (bicyclic) bond motifs is 1. The van der Waals surface area contributed by atoms with E-state index in [0.717, 1.165) is 5.39 Å². The molecule has 1 aromatic heterocycles.